The van der Waals surface area contributed by atoms with Crippen molar-refractivity contribution in [3.8, 4) is 0 Å². The van der Waals surface area contributed by atoms with E-state index in [1.54, 1.807) is 12.1 Å². The zero-order valence-corrected chi connectivity index (χ0v) is 15.8. The molecule has 10 heteroatoms. The first kappa shape index (κ1) is 17.0. The second kappa shape index (κ2) is 6.71. The Morgan fingerprint density at radius 3 is 2.92 bits per heavy atom. The molecule has 0 radical (unpaired) electrons. The minimum absolute atomic E-state index is 0.251. The summed E-state index contributed by atoms with van der Waals surface area (Å²) in [5.74, 6) is 0.0529. The number of aryl methyl sites for hydroxylation is 1. The largest absolute Gasteiger partial charge is 0.290 e. The Balaban J connectivity index is 1.66. The Labute approximate surface area is 162 Å². The molecule has 4 rings (SSSR count). The zero-order chi connectivity index (χ0) is 18.3. The van der Waals surface area contributed by atoms with Crippen LogP contribution in [0.2, 0.25) is 10.0 Å². The second-order valence-electron chi connectivity index (χ2n) is 5.60. The number of hydrogen-bond acceptors (Lipinski definition) is 5. The van der Waals surface area contributed by atoms with E-state index < -0.39 is 0 Å². The number of anilines is 1. The number of fused-ring (bicyclic) bond motifs is 1. The molecule has 132 valence electrons. The van der Waals surface area contributed by atoms with Crippen LogP contribution in [0.3, 0.4) is 0 Å². The minimum Gasteiger partial charge on any atom is -0.290 e. The molecule has 0 saturated heterocycles. The van der Waals surface area contributed by atoms with Crippen LogP contribution in [0, 0.1) is 6.92 Å². The fourth-order valence-corrected chi connectivity index (χ4v) is 4.10. The van der Waals surface area contributed by atoms with E-state index in [2.05, 4.69) is 25.6 Å². The number of halogens is 2. The summed E-state index contributed by atoms with van der Waals surface area (Å²) in [4.78, 5) is 17.8. The molecule has 3 heterocycles. The third-order valence-corrected chi connectivity index (χ3v) is 5.55. The summed E-state index contributed by atoms with van der Waals surface area (Å²) in [5.41, 5.74) is 1.75. The van der Waals surface area contributed by atoms with Gasteiger partial charge in [0.05, 0.1) is 17.1 Å². The third-order valence-electron chi connectivity index (χ3n) is 3.81. The molecule has 1 amide bonds. The number of thiophene rings is 1. The number of hydrogen-bond donors (Lipinski definition) is 2. The molecular formula is C16H12Cl2N6OS. The van der Waals surface area contributed by atoms with Gasteiger partial charge in [-0.3, -0.25) is 14.8 Å². The quantitative estimate of drug-likeness (QED) is 0.533. The maximum atomic E-state index is 12.4. The molecule has 0 atom stereocenters. The fourth-order valence-electron chi connectivity index (χ4n) is 2.58. The predicted molar refractivity (Wildman–Crippen MR) is 102 cm³/mol. The highest BCUT2D eigenvalue weighted by Gasteiger charge is 2.17. The maximum absolute atomic E-state index is 12.4. The number of nitrogens with zero attached hydrogens (tertiary/aromatic N) is 4. The van der Waals surface area contributed by atoms with Gasteiger partial charge in [0.1, 0.15) is 11.2 Å². The molecule has 1 aromatic carbocycles. The first-order valence-electron chi connectivity index (χ1n) is 7.59. The Morgan fingerprint density at radius 1 is 1.35 bits per heavy atom. The molecule has 3 aromatic heterocycles. The lowest BCUT2D eigenvalue weighted by molar-refractivity contribution is 0.103. The number of H-pyrrole nitrogens is 1. The van der Waals surface area contributed by atoms with Gasteiger partial charge >= 0.3 is 0 Å². The number of amides is 1. The molecule has 0 saturated carbocycles. The molecule has 0 unspecified atom stereocenters. The molecule has 26 heavy (non-hydrogen) atoms. The van der Waals surface area contributed by atoms with Gasteiger partial charge in [0.15, 0.2) is 0 Å². The molecule has 0 aliphatic carbocycles. The van der Waals surface area contributed by atoms with Gasteiger partial charge in [0.25, 0.3) is 5.91 Å². The van der Waals surface area contributed by atoms with Crippen LogP contribution in [0.25, 0.3) is 10.2 Å². The van der Waals surface area contributed by atoms with E-state index >= 15 is 0 Å². The van der Waals surface area contributed by atoms with Crippen molar-refractivity contribution < 1.29 is 4.79 Å². The van der Waals surface area contributed by atoms with E-state index in [-0.39, 0.29) is 5.91 Å². The average Bonchev–Trinajstić information content (AvgIpc) is 3.30. The zero-order valence-electron chi connectivity index (χ0n) is 13.5. The Hall–Kier alpha value is -2.42. The van der Waals surface area contributed by atoms with Gasteiger partial charge in [-0.25, -0.2) is 5.10 Å². The van der Waals surface area contributed by atoms with Crippen LogP contribution in [-0.2, 0) is 6.54 Å². The Bertz CT molecular complexity index is 1100. The lowest BCUT2D eigenvalue weighted by Crippen LogP contribution is -2.11. The molecular weight excluding hydrogens is 395 g/mol. The van der Waals surface area contributed by atoms with Crippen molar-refractivity contribution in [1.82, 2.24) is 25.0 Å². The predicted octanol–water partition coefficient (Wildman–Crippen LogP) is 4.13. The molecule has 0 spiro atoms. The van der Waals surface area contributed by atoms with Gasteiger partial charge in [0, 0.05) is 15.4 Å². The van der Waals surface area contributed by atoms with Crippen molar-refractivity contribution >= 4 is 56.6 Å². The van der Waals surface area contributed by atoms with E-state index in [9.17, 15) is 4.79 Å². The van der Waals surface area contributed by atoms with E-state index in [1.165, 1.54) is 17.7 Å². The summed E-state index contributed by atoms with van der Waals surface area (Å²) >= 11 is 13.6. The third kappa shape index (κ3) is 3.18. The summed E-state index contributed by atoms with van der Waals surface area (Å²) in [6, 6.07) is 7.20. The van der Waals surface area contributed by atoms with Crippen molar-refractivity contribution in [2.75, 3.05) is 5.32 Å². The highest BCUT2D eigenvalue weighted by Crippen LogP contribution is 2.30. The van der Waals surface area contributed by atoms with Crippen molar-refractivity contribution in [2.24, 2.45) is 0 Å². The number of carbonyl (C=O) groups excluding carboxylic acids is 1. The fraction of sp³-hybridized carbons (Fsp3) is 0.125. The van der Waals surface area contributed by atoms with Crippen molar-refractivity contribution in [1.29, 1.82) is 0 Å². The average molecular weight is 407 g/mol. The number of rotatable bonds is 4. The molecule has 4 aromatic rings. The monoisotopic (exact) mass is 406 g/mol. The van der Waals surface area contributed by atoms with Gasteiger partial charge in [0.2, 0.25) is 5.95 Å². The first-order chi connectivity index (χ1) is 12.5. The van der Waals surface area contributed by atoms with E-state index in [4.69, 9.17) is 23.2 Å². The highest BCUT2D eigenvalue weighted by atomic mass is 35.5. The normalized spacial score (nSPS) is 11.2. The van der Waals surface area contributed by atoms with Gasteiger partial charge in [-0.1, -0.05) is 29.3 Å². The van der Waals surface area contributed by atoms with Crippen LogP contribution in [0.1, 0.15) is 20.9 Å². The van der Waals surface area contributed by atoms with Gasteiger partial charge in [-0.15, -0.1) is 11.3 Å². The van der Waals surface area contributed by atoms with Crippen LogP contribution < -0.4 is 5.32 Å². The van der Waals surface area contributed by atoms with E-state index in [1.807, 2.05) is 23.7 Å². The Kier molecular flexibility index (Phi) is 4.39. The molecule has 2 N–H and O–H groups in total. The van der Waals surface area contributed by atoms with Crippen molar-refractivity contribution in [3.63, 3.8) is 0 Å². The van der Waals surface area contributed by atoms with Gasteiger partial charge in [-0.2, -0.15) is 15.2 Å². The summed E-state index contributed by atoms with van der Waals surface area (Å²) in [6.45, 7) is 2.40. The molecule has 0 aliphatic rings. The summed E-state index contributed by atoms with van der Waals surface area (Å²) in [5, 5.41) is 15.6. The summed E-state index contributed by atoms with van der Waals surface area (Å²) in [7, 11) is 0. The highest BCUT2D eigenvalue weighted by molar-refractivity contribution is 7.20. The maximum Gasteiger partial charge on any atom is 0.268 e. The molecule has 0 bridgehead atoms. The Morgan fingerprint density at radius 2 is 2.19 bits per heavy atom. The topological polar surface area (TPSA) is 88.5 Å². The number of benzene rings is 1. The summed E-state index contributed by atoms with van der Waals surface area (Å²) < 4.78 is 1.84. The van der Waals surface area contributed by atoms with E-state index in [0.29, 0.717) is 27.4 Å². The van der Waals surface area contributed by atoms with Crippen molar-refractivity contribution in [3.05, 3.63) is 56.8 Å². The SMILES string of the molecule is Cc1nn(Cc2ccc(Cl)cc2Cl)c2sc(C(=O)Nc3ncn[nH]3)cc12. The van der Waals surface area contributed by atoms with Crippen LogP contribution in [0.15, 0.2) is 30.6 Å². The molecule has 0 fully saturated rings. The second-order valence-corrected chi connectivity index (χ2v) is 7.47. The molecule has 7 nitrogen and oxygen atoms in total. The van der Waals surface area contributed by atoms with Gasteiger partial charge < -0.3 is 0 Å². The number of aromatic amines is 1. The van der Waals surface area contributed by atoms with E-state index in [0.717, 1.165) is 21.5 Å². The minimum atomic E-state index is -0.251. The standard InChI is InChI=1S/C16H12Cl2N6OS/c1-8-11-5-13(14(25)21-16-19-7-20-22-16)26-15(11)24(23-8)6-9-2-3-10(17)4-12(9)18/h2-5,7H,6H2,1H3,(H2,19,20,21,22,25). The molecule has 0 aliphatic heterocycles. The van der Waals surface area contributed by atoms with Crippen LogP contribution in [-0.4, -0.2) is 30.9 Å². The number of nitrogens with one attached hydrogen (secondary N) is 2. The summed E-state index contributed by atoms with van der Waals surface area (Å²) in [6.07, 6.45) is 1.33. The lowest BCUT2D eigenvalue weighted by Gasteiger charge is -2.05. The smallest absolute Gasteiger partial charge is 0.268 e. The first-order valence-corrected chi connectivity index (χ1v) is 9.16. The van der Waals surface area contributed by atoms with Crippen LogP contribution in [0.4, 0.5) is 5.95 Å². The lowest BCUT2D eigenvalue weighted by atomic mass is 10.2. The number of aromatic nitrogens is 5. The van der Waals surface area contributed by atoms with Crippen molar-refractivity contribution in [2.45, 2.75) is 13.5 Å². The number of carbonyl (C=O) groups is 1. The van der Waals surface area contributed by atoms with Crippen LogP contribution >= 0.6 is 34.5 Å². The van der Waals surface area contributed by atoms with Gasteiger partial charge in [-0.05, 0) is 30.7 Å². The van der Waals surface area contributed by atoms with Crippen LogP contribution in [0.5, 0.6) is 0 Å².